The van der Waals surface area contributed by atoms with E-state index in [-0.39, 0.29) is 24.9 Å². The molecule has 0 aliphatic heterocycles. The highest BCUT2D eigenvalue weighted by atomic mass is 19.1. The van der Waals surface area contributed by atoms with E-state index in [1.165, 1.54) is 12.1 Å². The Hall–Kier alpha value is -3.08. The molecule has 2 aromatic carbocycles. The number of hydrogen-bond donors (Lipinski definition) is 1. The van der Waals surface area contributed by atoms with E-state index in [1.807, 2.05) is 31.2 Å². The van der Waals surface area contributed by atoms with Gasteiger partial charge in [-0.1, -0.05) is 18.2 Å². The molecule has 0 aliphatic rings. The Labute approximate surface area is 145 Å². The minimum absolute atomic E-state index is 0.0591. The molecule has 3 rings (SSSR count). The summed E-state index contributed by atoms with van der Waals surface area (Å²) in [5.41, 5.74) is 1.76. The molecular formula is C20H18FNO3. The maximum Gasteiger partial charge on any atom is 0.258 e. The van der Waals surface area contributed by atoms with Crippen LogP contribution in [0.25, 0.3) is 11.3 Å². The molecule has 0 unspecified atom stereocenters. The molecule has 0 saturated heterocycles. The number of amides is 1. The third-order valence-corrected chi connectivity index (χ3v) is 3.70. The topological polar surface area (TPSA) is 51.5 Å². The first-order chi connectivity index (χ1) is 12.1. The predicted molar refractivity (Wildman–Crippen MR) is 92.6 cm³/mol. The quantitative estimate of drug-likeness (QED) is 0.736. The molecule has 0 bridgehead atoms. The van der Waals surface area contributed by atoms with Crippen molar-refractivity contribution in [1.82, 2.24) is 5.32 Å². The molecule has 3 aromatic rings. The van der Waals surface area contributed by atoms with Gasteiger partial charge in [-0.15, -0.1) is 0 Å². The second-order valence-electron chi connectivity index (χ2n) is 5.60. The molecule has 1 aromatic heterocycles. The molecule has 5 heteroatoms. The van der Waals surface area contributed by atoms with Crippen molar-refractivity contribution in [3.05, 3.63) is 77.8 Å². The lowest BCUT2D eigenvalue weighted by Crippen LogP contribution is -2.28. The van der Waals surface area contributed by atoms with Crippen LogP contribution in [-0.4, -0.2) is 12.5 Å². The van der Waals surface area contributed by atoms with Gasteiger partial charge in [0.2, 0.25) is 0 Å². The van der Waals surface area contributed by atoms with Crippen LogP contribution in [0.1, 0.15) is 11.3 Å². The van der Waals surface area contributed by atoms with Crippen molar-refractivity contribution < 1.29 is 18.3 Å². The number of halogens is 1. The van der Waals surface area contributed by atoms with Crippen molar-refractivity contribution >= 4 is 5.91 Å². The van der Waals surface area contributed by atoms with Crippen molar-refractivity contribution in [2.75, 3.05) is 6.61 Å². The number of aryl methyl sites for hydroxylation is 1. The summed E-state index contributed by atoms with van der Waals surface area (Å²) in [6.07, 6.45) is 0. The summed E-state index contributed by atoms with van der Waals surface area (Å²) in [6.45, 7) is 2.13. The Morgan fingerprint density at radius 2 is 1.84 bits per heavy atom. The fraction of sp³-hybridized carbons (Fsp3) is 0.150. The van der Waals surface area contributed by atoms with Crippen LogP contribution in [0.3, 0.4) is 0 Å². The Morgan fingerprint density at radius 3 is 2.60 bits per heavy atom. The smallest absolute Gasteiger partial charge is 0.258 e. The summed E-state index contributed by atoms with van der Waals surface area (Å²) >= 11 is 0. The second kappa shape index (κ2) is 7.66. The van der Waals surface area contributed by atoms with E-state index >= 15 is 0 Å². The molecule has 0 fully saturated rings. The van der Waals surface area contributed by atoms with Crippen LogP contribution >= 0.6 is 0 Å². The van der Waals surface area contributed by atoms with Crippen LogP contribution in [0.4, 0.5) is 4.39 Å². The monoisotopic (exact) mass is 339 g/mol. The van der Waals surface area contributed by atoms with E-state index < -0.39 is 0 Å². The summed E-state index contributed by atoms with van der Waals surface area (Å²) in [5, 5.41) is 2.74. The lowest BCUT2D eigenvalue weighted by atomic mass is 10.2. The molecule has 4 nitrogen and oxygen atoms in total. The SMILES string of the molecule is Cc1ccccc1OCC(=O)NCc1ccc(-c2ccc(F)cc2)o1. The van der Waals surface area contributed by atoms with E-state index in [0.717, 1.165) is 11.1 Å². The third kappa shape index (κ3) is 4.47. The fourth-order valence-electron chi connectivity index (χ4n) is 2.34. The maximum absolute atomic E-state index is 12.9. The Morgan fingerprint density at radius 1 is 1.08 bits per heavy atom. The van der Waals surface area contributed by atoms with Crippen LogP contribution < -0.4 is 10.1 Å². The highest BCUT2D eigenvalue weighted by molar-refractivity contribution is 5.77. The zero-order valence-corrected chi connectivity index (χ0v) is 13.8. The largest absolute Gasteiger partial charge is 0.484 e. The van der Waals surface area contributed by atoms with Crippen molar-refractivity contribution in [2.24, 2.45) is 0 Å². The van der Waals surface area contributed by atoms with Crippen LogP contribution in [0.15, 0.2) is 65.1 Å². The van der Waals surface area contributed by atoms with Gasteiger partial charge in [-0.05, 0) is 55.0 Å². The summed E-state index contributed by atoms with van der Waals surface area (Å²) < 4.78 is 24.1. The van der Waals surface area contributed by atoms with Gasteiger partial charge in [0, 0.05) is 5.56 Å². The van der Waals surface area contributed by atoms with Gasteiger partial charge in [0.1, 0.15) is 23.1 Å². The number of carbonyl (C=O) groups excluding carboxylic acids is 1. The fourth-order valence-corrected chi connectivity index (χ4v) is 2.34. The third-order valence-electron chi connectivity index (χ3n) is 3.70. The highest BCUT2D eigenvalue weighted by Gasteiger charge is 2.08. The van der Waals surface area contributed by atoms with Gasteiger partial charge in [-0.3, -0.25) is 4.79 Å². The Kier molecular flexibility index (Phi) is 5.14. The van der Waals surface area contributed by atoms with Crippen molar-refractivity contribution in [1.29, 1.82) is 0 Å². The molecular weight excluding hydrogens is 321 g/mol. The summed E-state index contributed by atoms with van der Waals surface area (Å²) in [5.74, 6) is 1.40. The first-order valence-corrected chi connectivity index (χ1v) is 7.91. The van der Waals surface area contributed by atoms with Gasteiger partial charge in [0.25, 0.3) is 5.91 Å². The molecule has 0 radical (unpaired) electrons. The van der Waals surface area contributed by atoms with Gasteiger partial charge in [0.05, 0.1) is 6.54 Å². The molecule has 1 heterocycles. The van der Waals surface area contributed by atoms with Gasteiger partial charge in [-0.2, -0.15) is 0 Å². The number of hydrogen-bond acceptors (Lipinski definition) is 3. The van der Waals surface area contributed by atoms with Crippen LogP contribution in [-0.2, 0) is 11.3 Å². The normalized spacial score (nSPS) is 10.5. The van der Waals surface area contributed by atoms with E-state index in [2.05, 4.69) is 5.32 Å². The van der Waals surface area contributed by atoms with E-state index in [0.29, 0.717) is 17.3 Å². The zero-order chi connectivity index (χ0) is 17.6. The van der Waals surface area contributed by atoms with Gasteiger partial charge < -0.3 is 14.5 Å². The summed E-state index contributed by atoms with van der Waals surface area (Å²) in [7, 11) is 0. The number of para-hydroxylation sites is 1. The van der Waals surface area contributed by atoms with E-state index in [4.69, 9.17) is 9.15 Å². The standard InChI is InChI=1S/C20H18FNO3/c1-14-4-2-3-5-18(14)24-13-20(23)22-12-17-10-11-19(25-17)15-6-8-16(21)9-7-15/h2-11H,12-13H2,1H3,(H,22,23). The number of rotatable bonds is 6. The van der Waals surface area contributed by atoms with Crippen LogP contribution in [0.2, 0.25) is 0 Å². The zero-order valence-electron chi connectivity index (χ0n) is 13.8. The summed E-state index contributed by atoms with van der Waals surface area (Å²) in [4.78, 5) is 11.9. The Balaban J connectivity index is 1.51. The minimum Gasteiger partial charge on any atom is -0.484 e. The Bertz CT molecular complexity index is 855. The molecule has 0 atom stereocenters. The molecule has 25 heavy (non-hydrogen) atoms. The van der Waals surface area contributed by atoms with Gasteiger partial charge in [0.15, 0.2) is 6.61 Å². The maximum atomic E-state index is 12.9. The second-order valence-corrected chi connectivity index (χ2v) is 5.60. The molecule has 0 aliphatic carbocycles. The lowest BCUT2D eigenvalue weighted by Gasteiger charge is -2.08. The predicted octanol–water partition coefficient (Wildman–Crippen LogP) is 4.09. The van der Waals surface area contributed by atoms with Crippen LogP contribution in [0, 0.1) is 12.7 Å². The number of furan rings is 1. The van der Waals surface area contributed by atoms with Gasteiger partial charge >= 0.3 is 0 Å². The number of ether oxygens (including phenoxy) is 1. The number of nitrogens with one attached hydrogen (secondary N) is 1. The molecule has 1 amide bonds. The average molecular weight is 339 g/mol. The molecule has 0 spiro atoms. The number of benzene rings is 2. The van der Waals surface area contributed by atoms with E-state index in [9.17, 15) is 9.18 Å². The van der Waals surface area contributed by atoms with Crippen molar-refractivity contribution in [3.8, 4) is 17.1 Å². The first kappa shape index (κ1) is 16.8. The summed E-state index contributed by atoms with van der Waals surface area (Å²) in [6, 6.07) is 17.1. The minimum atomic E-state index is -0.295. The average Bonchev–Trinajstić information content (AvgIpc) is 3.09. The molecule has 0 saturated carbocycles. The highest BCUT2D eigenvalue weighted by Crippen LogP contribution is 2.22. The first-order valence-electron chi connectivity index (χ1n) is 7.91. The van der Waals surface area contributed by atoms with Gasteiger partial charge in [-0.25, -0.2) is 4.39 Å². The lowest BCUT2D eigenvalue weighted by molar-refractivity contribution is -0.123. The van der Waals surface area contributed by atoms with Crippen LogP contribution in [0.5, 0.6) is 5.75 Å². The number of carbonyl (C=O) groups is 1. The van der Waals surface area contributed by atoms with Crippen molar-refractivity contribution in [2.45, 2.75) is 13.5 Å². The van der Waals surface area contributed by atoms with E-state index in [1.54, 1.807) is 24.3 Å². The molecule has 128 valence electrons. The van der Waals surface area contributed by atoms with Crippen molar-refractivity contribution in [3.63, 3.8) is 0 Å². The molecule has 1 N–H and O–H groups in total.